The molecule has 0 heterocycles. The Morgan fingerprint density at radius 2 is 1.25 bits per heavy atom. The standard InChI is InChI=1S/C28H23F3O/c1-3-4-5-6-23-18-25(29)24(26(30)19-23)15-13-21-9-7-20(8-10-21)11-12-22-14-16-28(32-2)27(31)17-22/h7-10,14,16-19H,3-6H2,1-2H3. The third kappa shape index (κ3) is 6.19. The number of benzene rings is 3. The van der Waals surface area contributed by atoms with Gasteiger partial charge in [-0.05, 0) is 73.0 Å². The van der Waals surface area contributed by atoms with Crippen molar-refractivity contribution in [1.29, 1.82) is 0 Å². The zero-order valence-corrected chi connectivity index (χ0v) is 18.1. The predicted molar refractivity (Wildman–Crippen MR) is 121 cm³/mol. The van der Waals surface area contributed by atoms with E-state index < -0.39 is 17.5 Å². The molecular weight excluding hydrogens is 409 g/mol. The van der Waals surface area contributed by atoms with Crippen molar-refractivity contribution in [3.8, 4) is 29.4 Å². The average molecular weight is 432 g/mol. The van der Waals surface area contributed by atoms with Crippen molar-refractivity contribution in [2.75, 3.05) is 7.11 Å². The minimum Gasteiger partial charge on any atom is -0.494 e. The molecule has 0 N–H and O–H groups in total. The van der Waals surface area contributed by atoms with E-state index in [4.69, 9.17) is 4.74 Å². The highest BCUT2D eigenvalue weighted by atomic mass is 19.1. The van der Waals surface area contributed by atoms with Crippen molar-refractivity contribution in [1.82, 2.24) is 0 Å². The summed E-state index contributed by atoms with van der Waals surface area (Å²) >= 11 is 0. The highest BCUT2D eigenvalue weighted by Gasteiger charge is 2.09. The quantitative estimate of drug-likeness (QED) is 0.324. The maximum atomic E-state index is 14.3. The predicted octanol–water partition coefficient (Wildman–Crippen LogP) is 6.64. The second-order valence-corrected chi connectivity index (χ2v) is 7.32. The lowest BCUT2D eigenvalue weighted by molar-refractivity contribution is 0.386. The number of hydrogen-bond donors (Lipinski definition) is 0. The van der Waals surface area contributed by atoms with Gasteiger partial charge in [-0.15, -0.1) is 0 Å². The van der Waals surface area contributed by atoms with Crippen LogP contribution in [0, 0.1) is 41.1 Å². The summed E-state index contributed by atoms with van der Waals surface area (Å²) < 4.78 is 47.3. The monoisotopic (exact) mass is 432 g/mol. The van der Waals surface area contributed by atoms with Gasteiger partial charge in [0.25, 0.3) is 0 Å². The van der Waals surface area contributed by atoms with Crippen LogP contribution < -0.4 is 4.74 Å². The van der Waals surface area contributed by atoms with Crippen LogP contribution in [0.25, 0.3) is 0 Å². The highest BCUT2D eigenvalue weighted by molar-refractivity contribution is 5.49. The van der Waals surface area contributed by atoms with Gasteiger partial charge in [0.2, 0.25) is 0 Å². The SMILES string of the molecule is CCCCCc1cc(F)c(C#Cc2ccc(C#Cc3ccc(OC)c(F)c3)cc2)c(F)c1. The Morgan fingerprint density at radius 3 is 1.81 bits per heavy atom. The Balaban J connectivity index is 1.72. The third-order valence-electron chi connectivity index (χ3n) is 4.89. The van der Waals surface area contributed by atoms with Gasteiger partial charge in [-0.2, -0.15) is 0 Å². The fraction of sp³-hybridized carbons (Fsp3) is 0.214. The molecule has 0 aliphatic rings. The van der Waals surface area contributed by atoms with Crippen LogP contribution in [0.4, 0.5) is 13.2 Å². The molecule has 3 aromatic carbocycles. The van der Waals surface area contributed by atoms with E-state index in [9.17, 15) is 13.2 Å². The lowest BCUT2D eigenvalue weighted by atomic mass is 10.0. The van der Waals surface area contributed by atoms with Gasteiger partial charge in [-0.25, -0.2) is 13.2 Å². The lowest BCUT2D eigenvalue weighted by Crippen LogP contribution is -1.95. The Morgan fingerprint density at radius 1 is 0.688 bits per heavy atom. The van der Waals surface area contributed by atoms with E-state index in [1.807, 2.05) is 0 Å². The number of unbranched alkanes of at least 4 members (excludes halogenated alkanes) is 2. The Labute approximate surface area is 187 Å². The molecular formula is C28H23F3O. The lowest BCUT2D eigenvalue weighted by Gasteiger charge is -2.04. The Hall–Kier alpha value is -3.63. The van der Waals surface area contributed by atoms with Crippen molar-refractivity contribution < 1.29 is 17.9 Å². The number of ether oxygens (including phenoxy) is 1. The van der Waals surface area contributed by atoms with Gasteiger partial charge in [0.05, 0.1) is 12.7 Å². The summed E-state index contributed by atoms with van der Waals surface area (Å²) in [4.78, 5) is 0. The fourth-order valence-corrected chi connectivity index (χ4v) is 3.13. The van der Waals surface area contributed by atoms with Crippen LogP contribution in [0.5, 0.6) is 5.75 Å². The molecule has 0 bridgehead atoms. The second kappa shape index (κ2) is 11.1. The largest absolute Gasteiger partial charge is 0.494 e. The van der Waals surface area contributed by atoms with Crippen LogP contribution in [-0.2, 0) is 6.42 Å². The smallest absolute Gasteiger partial charge is 0.166 e. The first kappa shape index (κ1) is 23.0. The molecule has 3 aromatic rings. The number of aryl methyl sites for hydroxylation is 1. The third-order valence-corrected chi connectivity index (χ3v) is 4.89. The van der Waals surface area contributed by atoms with Gasteiger partial charge in [0.15, 0.2) is 11.6 Å². The molecule has 0 saturated heterocycles. The number of halogens is 3. The van der Waals surface area contributed by atoms with Crippen LogP contribution in [0.3, 0.4) is 0 Å². The first-order valence-corrected chi connectivity index (χ1v) is 10.5. The maximum Gasteiger partial charge on any atom is 0.166 e. The van der Waals surface area contributed by atoms with Gasteiger partial charge in [0, 0.05) is 16.7 Å². The minimum atomic E-state index is -0.641. The van der Waals surface area contributed by atoms with Crippen molar-refractivity contribution in [3.05, 3.63) is 99.9 Å². The van der Waals surface area contributed by atoms with Crippen LogP contribution in [0.15, 0.2) is 54.6 Å². The Bertz CT molecular complexity index is 1180. The molecule has 32 heavy (non-hydrogen) atoms. The molecule has 4 heteroatoms. The van der Waals surface area contributed by atoms with E-state index in [0.717, 1.165) is 19.3 Å². The summed E-state index contributed by atoms with van der Waals surface area (Å²) in [6.45, 7) is 2.08. The molecule has 0 radical (unpaired) electrons. The summed E-state index contributed by atoms with van der Waals surface area (Å²) in [6.07, 6.45) is 3.64. The van der Waals surface area contributed by atoms with Crippen LogP contribution in [0.1, 0.15) is 54.0 Å². The van der Waals surface area contributed by atoms with E-state index >= 15 is 0 Å². The van der Waals surface area contributed by atoms with Crippen LogP contribution >= 0.6 is 0 Å². The van der Waals surface area contributed by atoms with Crippen LogP contribution in [-0.4, -0.2) is 7.11 Å². The van der Waals surface area contributed by atoms with Gasteiger partial charge in [0.1, 0.15) is 11.6 Å². The molecule has 3 rings (SSSR count). The molecule has 0 aliphatic heterocycles. The zero-order valence-electron chi connectivity index (χ0n) is 18.1. The van der Waals surface area contributed by atoms with Gasteiger partial charge in [-0.3, -0.25) is 0 Å². The summed E-state index contributed by atoms with van der Waals surface area (Å²) in [6, 6.07) is 14.2. The zero-order chi connectivity index (χ0) is 22.9. The van der Waals surface area contributed by atoms with Crippen LogP contribution in [0.2, 0.25) is 0 Å². The summed E-state index contributed by atoms with van der Waals surface area (Å²) in [5, 5.41) is 0. The van der Waals surface area contributed by atoms with Gasteiger partial charge >= 0.3 is 0 Å². The molecule has 0 amide bonds. The van der Waals surface area contributed by atoms with E-state index in [2.05, 4.69) is 30.6 Å². The fourth-order valence-electron chi connectivity index (χ4n) is 3.13. The Kier molecular flexibility index (Phi) is 8.01. The molecule has 0 unspecified atom stereocenters. The van der Waals surface area contributed by atoms with Crippen molar-refractivity contribution >= 4 is 0 Å². The molecule has 0 spiro atoms. The molecule has 0 saturated carbocycles. The number of methoxy groups -OCH3 is 1. The first-order valence-electron chi connectivity index (χ1n) is 10.5. The van der Waals surface area contributed by atoms with Crippen molar-refractivity contribution in [2.45, 2.75) is 32.6 Å². The molecule has 0 fully saturated rings. The van der Waals surface area contributed by atoms with Gasteiger partial charge < -0.3 is 4.74 Å². The molecule has 0 aromatic heterocycles. The topological polar surface area (TPSA) is 9.23 Å². The second-order valence-electron chi connectivity index (χ2n) is 7.32. The van der Waals surface area contributed by atoms with E-state index in [1.165, 1.54) is 31.4 Å². The van der Waals surface area contributed by atoms with Gasteiger partial charge in [-0.1, -0.05) is 43.4 Å². The molecule has 0 aliphatic carbocycles. The maximum absolute atomic E-state index is 14.3. The molecule has 0 atom stereocenters. The van der Waals surface area contributed by atoms with Crippen molar-refractivity contribution in [3.63, 3.8) is 0 Å². The summed E-state index contributed by atoms with van der Waals surface area (Å²) in [5.74, 6) is 9.63. The average Bonchev–Trinajstić information content (AvgIpc) is 2.78. The molecule has 1 nitrogen and oxygen atoms in total. The van der Waals surface area contributed by atoms with E-state index in [-0.39, 0.29) is 11.3 Å². The number of rotatable bonds is 5. The van der Waals surface area contributed by atoms with E-state index in [1.54, 1.807) is 30.3 Å². The minimum absolute atomic E-state index is 0.164. The number of hydrogen-bond acceptors (Lipinski definition) is 1. The van der Waals surface area contributed by atoms with Crippen molar-refractivity contribution in [2.24, 2.45) is 0 Å². The summed E-state index contributed by atoms with van der Waals surface area (Å²) in [7, 11) is 1.40. The summed E-state index contributed by atoms with van der Waals surface area (Å²) in [5.41, 5.74) is 2.27. The van der Waals surface area contributed by atoms with E-state index in [0.29, 0.717) is 28.7 Å². The highest BCUT2D eigenvalue weighted by Crippen LogP contribution is 2.18. The molecule has 162 valence electrons. The first-order chi connectivity index (χ1) is 15.5. The normalized spacial score (nSPS) is 10.0.